The Labute approximate surface area is 151 Å². The minimum atomic E-state index is -0.229. The molecule has 130 valence electrons. The van der Waals surface area contributed by atoms with Crippen LogP contribution in [-0.4, -0.2) is 34.8 Å². The van der Waals surface area contributed by atoms with E-state index in [4.69, 9.17) is 4.74 Å². The summed E-state index contributed by atoms with van der Waals surface area (Å²) in [6.07, 6.45) is 0.563. The van der Waals surface area contributed by atoms with E-state index >= 15 is 0 Å². The van der Waals surface area contributed by atoms with Crippen LogP contribution in [0.2, 0.25) is 0 Å². The van der Waals surface area contributed by atoms with E-state index < -0.39 is 0 Å². The molecule has 1 aliphatic rings. The number of aromatic nitrogens is 1. The Morgan fingerprint density at radius 2 is 1.65 bits per heavy atom. The van der Waals surface area contributed by atoms with E-state index in [9.17, 15) is 9.59 Å². The number of benzene rings is 2. The quantitative estimate of drug-likeness (QED) is 0.523. The van der Waals surface area contributed by atoms with Crippen molar-refractivity contribution in [1.29, 1.82) is 0 Å². The second-order valence-electron chi connectivity index (χ2n) is 6.29. The van der Waals surface area contributed by atoms with Gasteiger partial charge in [0.25, 0.3) is 11.8 Å². The van der Waals surface area contributed by atoms with Gasteiger partial charge in [-0.2, -0.15) is 0 Å². The van der Waals surface area contributed by atoms with Crippen molar-refractivity contribution in [1.82, 2.24) is 9.88 Å². The molecule has 2 heterocycles. The van der Waals surface area contributed by atoms with Crippen molar-refractivity contribution >= 4 is 22.7 Å². The second-order valence-corrected chi connectivity index (χ2v) is 6.29. The molecule has 4 rings (SSSR count). The number of imide groups is 1. The van der Waals surface area contributed by atoms with E-state index in [0.717, 1.165) is 16.6 Å². The van der Waals surface area contributed by atoms with Crippen LogP contribution in [0.15, 0.2) is 54.6 Å². The molecule has 0 N–H and O–H groups in total. The molecule has 5 heteroatoms. The van der Waals surface area contributed by atoms with Crippen molar-refractivity contribution in [2.75, 3.05) is 13.2 Å². The van der Waals surface area contributed by atoms with Crippen molar-refractivity contribution in [2.24, 2.45) is 0 Å². The maximum absolute atomic E-state index is 12.3. The minimum absolute atomic E-state index is 0.229. The Hall–Kier alpha value is -3.21. The average Bonchev–Trinajstić information content (AvgIpc) is 2.90. The smallest absolute Gasteiger partial charge is 0.261 e. The molecule has 0 atom stereocenters. The molecule has 0 spiro atoms. The van der Waals surface area contributed by atoms with Crippen molar-refractivity contribution in [3.8, 4) is 5.75 Å². The Bertz CT molecular complexity index is 978. The first-order chi connectivity index (χ1) is 12.6. The van der Waals surface area contributed by atoms with Gasteiger partial charge in [-0.15, -0.1) is 0 Å². The molecule has 2 amide bonds. The summed E-state index contributed by atoms with van der Waals surface area (Å²) in [4.78, 5) is 30.5. The predicted octanol–water partition coefficient (Wildman–Crippen LogP) is 3.61. The summed E-state index contributed by atoms with van der Waals surface area (Å²) in [5, 5.41) is 1.02. The van der Waals surface area contributed by atoms with E-state index in [-0.39, 0.29) is 11.8 Å². The zero-order valence-corrected chi connectivity index (χ0v) is 14.4. The van der Waals surface area contributed by atoms with Gasteiger partial charge in [0.2, 0.25) is 0 Å². The fraction of sp³-hybridized carbons (Fsp3) is 0.190. The van der Waals surface area contributed by atoms with E-state index in [1.807, 2.05) is 37.3 Å². The Morgan fingerprint density at radius 1 is 0.923 bits per heavy atom. The van der Waals surface area contributed by atoms with Gasteiger partial charge < -0.3 is 4.74 Å². The van der Waals surface area contributed by atoms with Crippen LogP contribution in [0, 0.1) is 6.92 Å². The molecule has 0 radical (unpaired) electrons. The standard InChI is InChI=1S/C21H18N2O3/c1-14-10-11-15-6-4-9-18(19(15)22-14)26-13-5-12-23-20(24)16-7-2-3-8-17(16)21(23)25/h2-4,6-11H,5,12-13H2,1H3. The fourth-order valence-corrected chi connectivity index (χ4v) is 3.18. The highest BCUT2D eigenvalue weighted by molar-refractivity contribution is 6.21. The SMILES string of the molecule is Cc1ccc2cccc(OCCCN3C(=O)c4ccccc4C3=O)c2n1. The highest BCUT2D eigenvalue weighted by Crippen LogP contribution is 2.25. The molecule has 0 fully saturated rings. The molecule has 0 aliphatic carbocycles. The largest absolute Gasteiger partial charge is 0.491 e. The molecule has 5 nitrogen and oxygen atoms in total. The highest BCUT2D eigenvalue weighted by atomic mass is 16.5. The maximum Gasteiger partial charge on any atom is 0.261 e. The number of para-hydroxylation sites is 1. The number of hydrogen-bond acceptors (Lipinski definition) is 4. The molecule has 0 saturated heterocycles. The molecular weight excluding hydrogens is 328 g/mol. The number of pyridine rings is 1. The van der Waals surface area contributed by atoms with Crippen LogP contribution < -0.4 is 4.74 Å². The summed E-state index contributed by atoms with van der Waals surface area (Å²) < 4.78 is 5.87. The van der Waals surface area contributed by atoms with Gasteiger partial charge in [-0.25, -0.2) is 4.98 Å². The van der Waals surface area contributed by atoms with Gasteiger partial charge in [-0.1, -0.05) is 30.3 Å². The van der Waals surface area contributed by atoms with Gasteiger partial charge in [0.1, 0.15) is 11.3 Å². The lowest BCUT2D eigenvalue weighted by Crippen LogP contribution is -2.31. The minimum Gasteiger partial charge on any atom is -0.491 e. The first-order valence-corrected chi connectivity index (χ1v) is 8.59. The molecule has 26 heavy (non-hydrogen) atoms. The van der Waals surface area contributed by atoms with Crippen LogP contribution in [0.3, 0.4) is 0 Å². The molecule has 0 unspecified atom stereocenters. The van der Waals surface area contributed by atoms with Crippen molar-refractivity contribution < 1.29 is 14.3 Å². The van der Waals surface area contributed by atoms with Crippen LogP contribution in [0.4, 0.5) is 0 Å². The zero-order chi connectivity index (χ0) is 18.1. The van der Waals surface area contributed by atoms with Crippen molar-refractivity contribution in [3.63, 3.8) is 0 Å². The van der Waals surface area contributed by atoms with Crippen LogP contribution in [0.25, 0.3) is 10.9 Å². The Balaban J connectivity index is 1.40. The lowest BCUT2D eigenvalue weighted by Gasteiger charge is -2.14. The molecule has 2 aromatic carbocycles. The topological polar surface area (TPSA) is 59.5 Å². The number of nitrogens with zero attached hydrogens (tertiary/aromatic N) is 2. The number of fused-ring (bicyclic) bond motifs is 2. The van der Waals surface area contributed by atoms with E-state index in [1.54, 1.807) is 24.3 Å². The van der Waals surface area contributed by atoms with Crippen LogP contribution >= 0.6 is 0 Å². The predicted molar refractivity (Wildman–Crippen MR) is 98.4 cm³/mol. The van der Waals surface area contributed by atoms with Crippen LogP contribution in [0.1, 0.15) is 32.8 Å². The summed E-state index contributed by atoms with van der Waals surface area (Å²) in [6.45, 7) is 2.68. The fourth-order valence-electron chi connectivity index (χ4n) is 3.18. The molecule has 1 aromatic heterocycles. The van der Waals surface area contributed by atoms with Crippen LogP contribution in [0.5, 0.6) is 5.75 Å². The number of amides is 2. The third kappa shape index (κ3) is 2.81. The van der Waals surface area contributed by atoms with Crippen LogP contribution in [-0.2, 0) is 0 Å². The third-order valence-corrected chi connectivity index (χ3v) is 4.48. The Morgan fingerprint density at radius 3 is 2.38 bits per heavy atom. The number of rotatable bonds is 5. The summed E-state index contributed by atoms with van der Waals surface area (Å²) in [6, 6.07) is 16.7. The average molecular weight is 346 g/mol. The zero-order valence-electron chi connectivity index (χ0n) is 14.4. The molecule has 0 bridgehead atoms. The van der Waals surface area contributed by atoms with Gasteiger partial charge in [-0.3, -0.25) is 14.5 Å². The summed E-state index contributed by atoms with van der Waals surface area (Å²) in [7, 11) is 0. The van der Waals surface area contributed by atoms with Crippen molar-refractivity contribution in [2.45, 2.75) is 13.3 Å². The number of ether oxygens (including phenoxy) is 1. The molecule has 3 aromatic rings. The van der Waals surface area contributed by atoms with Gasteiger partial charge in [0.05, 0.1) is 17.7 Å². The number of carbonyl (C=O) groups excluding carboxylic acids is 2. The summed E-state index contributed by atoms with van der Waals surface area (Å²) in [5.74, 6) is 0.259. The number of hydrogen-bond donors (Lipinski definition) is 0. The number of aryl methyl sites for hydroxylation is 1. The first kappa shape index (κ1) is 16.3. The highest BCUT2D eigenvalue weighted by Gasteiger charge is 2.34. The van der Waals surface area contributed by atoms with Crippen molar-refractivity contribution in [3.05, 3.63) is 71.4 Å². The monoisotopic (exact) mass is 346 g/mol. The van der Waals surface area contributed by atoms with Gasteiger partial charge in [0.15, 0.2) is 0 Å². The Kier molecular flexibility index (Phi) is 4.13. The normalized spacial score (nSPS) is 13.3. The second kappa shape index (κ2) is 6.59. The third-order valence-electron chi connectivity index (χ3n) is 4.48. The molecule has 1 aliphatic heterocycles. The van der Waals surface area contributed by atoms with Gasteiger partial charge in [-0.05, 0) is 37.6 Å². The first-order valence-electron chi connectivity index (χ1n) is 8.59. The lowest BCUT2D eigenvalue weighted by molar-refractivity contribution is 0.0647. The summed E-state index contributed by atoms with van der Waals surface area (Å²) >= 11 is 0. The van der Waals surface area contributed by atoms with E-state index in [0.29, 0.717) is 36.4 Å². The van der Waals surface area contributed by atoms with Gasteiger partial charge in [0, 0.05) is 17.6 Å². The maximum atomic E-state index is 12.3. The molecular formula is C21H18N2O3. The lowest BCUT2D eigenvalue weighted by atomic mass is 10.1. The molecule has 0 saturated carbocycles. The summed E-state index contributed by atoms with van der Waals surface area (Å²) in [5.41, 5.74) is 2.71. The van der Waals surface area contributed by atoms with Gasteiger partial charge >= 0.3 is 0 Å². The van der Waals surface area contributed by atoms with E-state index in [2.05, 4.69) is 4.98 Å². The number of carbonyl (C=O) groups is 2. The van der Waals surface area contributed by atoms with E-state index in [1.165, 1.54) is 4.90 Å².